The second-order valence-electron chi connectivity index (χ2n) is 6.16. The maximum atomic E-state index is 13.7. The van der Waals surface area contributed by atoms with Gasteiger partial charge in [-0.25, -0.2) is 13.2 Å². The lowest BCUT2D eigenvalue weighted by atomic mass is 9.99. The van der Waals surface area contributed by atoms with E-state index in [0.717, 1.165) is 25.1 Å². The molecule has 0 radical (unpaired) electrons. The molecule has 136 valence electrons. The van der Waals surface area contributed by atoms with Gasteiger partial charge in [0, 0.05) is 12.6 Å². The van der Waals surface area contributed by atoms with Crippen LogP contribution < -0.4 is 5.32 Å². The molecule has 0 amide bonds. The van der Waals surface area contributed by atoms with Gasteiger partial charge in [-0.2, -0.15) is 0 Å². The van der Waals surface area contributed by atoms with Crippen molar-refractivity contribution in [1.29, 1.82) is 0 Å². The molecular weight excluding hydrogens is 347 g/mol. The molecule has 2 atom stereocenters. The topological polar surface area (TPSA) is 71.2 Å². The van der Waals surface area contributed by atoms with E-state index in [1.807, 2.05) is 6.92 Å². The molecule has 1 aliphatic rings. The summed E-state index contributed by atoms with van der Waals surface area (Å²) in [7, 11) is 0. The molecule has 1 fully saturated rings. The Hall–Kier alpha value is -2.75. The van der Waals surface area contributed by atoms with E-state index >= 15 is 0 Å². The standard InChI is InChI=1S/C16H16F3N7/c1-2-25-6-5-12(16(25)9-7-10(17)15(19)11(18)8-9)20-13-3-4-14-21-23-24-26(14)22-13/h3-4,7-8,12,16H,2,5-6H2,1H3,(H,20,22). The number of rotatable bonds is 4. The predicted molar refractivity (Wildman–Crippen MR) is 86.9 cm³/mol. The van der Waals surface area contributed by atoms with Crippen LogP contribution in [0.2, 0.25) is 0 Å². The van der Waals surface area contributed by atoms with E-state index in [1.165, 1.54) is 4.63 Å². The number of aromatic nitrogens is 5. The van der Waals surface area contributed by atoms with Gasteiger partial charge in [-0.1, -0.05) is 6.92 Å². The van der Waals surface area contributed by atoms with E-state index in [1.54, 1.807) is 12.1 Å². The third kappa shape index (κ3) is 2.85. The molecule has 2 aromatic heterocycles. The third-order valence-corrected chi connectivity index (χ3v) is 4.66. The summed E-state index contributed by atoms with van der Waals surface area (Å²) in [5, 5.41) is 18.6. The molecule has 7 nitrogen and oxygen atoms in total. The lowest BCUT2D eigenvalue weighted by molar-refractivity contribution is 0.263. The largest absolute Gasteiger partial charge is 0.364 e. The summed E-state index contributed by atoms with van der Waals surface area (Å²) in [5.74, 6) is -3.28. The van der Waals surface area contributed by atoms with Crippen molar-refractivity contribution < 1.29 is 13.2 Å². The third-order valence-electron chi connectivity index (χ3n) is 4.66. The molecule has 0 saturated carbocycles. The Morgan fingerprint density at radius 3 is 2.69 bits per heavy atom. The molecule has 1 saturated heterocycles. The van der Waals surface area contributed by atoms with Crippen molar-refractivity contribution in [2.24, 2.45) is 0 Å². The van der Waals surface area contributed by atoms with E-state index in [0.29, 0.717) is 23.6 Å². The van der Waals surface area contributed by atoms with Gasteiger partial charge in [0.15, 0.2) is 23.1 Å². The minimum absolute atomic E-state index is 0.152. The fourth-order valence-electron chi connectivity index (χ4n) is 3.47. The van der Waals surface area contributed by atoms with Gasteiger partial charge < -0.3 is 5.32 Å². The van der Waals surface area contributed by atoms with E-state index in [2.05, 4.69) is 30.8 Å². The molecule has 26 heavy (non-hydrogen) atoms. The molecule has 0 bridgehead atoms. The summed E-state index contributed by atoms with van der Waals surface area (Å²) in [6.45, 7) is 3.41. The summed E-state index contributed by atoms with van der Waals surface area (Å²) in [6, 6.07) is 5.11. The Kier molecular flexibility index (Phi) is 4.19. The van der Waals surface area contributed by atoms with Crippen LogP contribution in [-0.4, -0.2) is 49.3 Å². The molecule has 3 aromatic rings. The van der Waals surface area contributed by atoms with Crippen LogP contribution in [0.1, 0.15) is 24.9 Å². The van der Waals surface area contributed by atoms with Crippen LogP contribution in [-0.2, 0) is 0 Å². The zero-order valence-electron chi connectivity index (χ0n) is 13.9. The van der Waals surface area contributed by atoms with E-state index < -0.39 is 17.5 Å². The Bertz CT molecular complexity index is 921. The molecule has 1 aromatic carbocycles. The summed E-state index contributed by atoms with van der Waals surface area (Å²) < 4.78 is 42.1. The number of nitrogens with one attached hydrogen (secondary N) is 1. The van der Waals surface area contributed by atoms with Crippen molar-refractivity contribution in [3.63, 3.8) is 0 Å². The van der Waals surface area contributed by atoms with Crippen LogP contribution in [0.3, 0.4) is 0 Å². The number of nitrogens with zero attached hydrogens (tertiary/aromatic N) is 6. The number of fused-ring (bicyclic) bond motifs is 1. The van der Waals surface area contributed by atoms with Crippen molar-refractivity contribution in [3.05, 3.63) is 47.3 Å². The van der Waals surface area contributed by atoms with Crippen LogP contribution in [0.5, 0.6) is 0 Å². The van der Waals surface area contributed by atoms with Gasteiger partial charge in [0.2, 0.25) is 0 Å². The minimum Gasteiger partial charge on any atom is -0.364 e. The Balaban J connectivity index is 1.66. The van der Waals surface area contributed by atoms with Gasteiger partial charge in [0.1, 0.15) is 5.82 Å². The quantitative estimate of drug-likeness (QED) is 0.717. The van der Waals surface area contributed by atoms with Gasteiger partial charge >= 0.3 is 0 Å². The van der Waals surface area contributed by atoms with E-state index in [-0.39, 0.29) is 12.1 Å². The fraction of sp³-hybridized carbons (Fsp3) is 0.375. The average Bonchev–Trinajstić information content (AvgIpc) is 3.25. The first-order chi connectivity index (χ1) is 12.6. The number of likely N-dealkylation sites (tertiary alicyclic amines) is 1. The van der Waals surface area contributed by atoms with Crippen LogP contribution in [0.4, 0.5) is 19.0 Å². The van der Waals surface area contributed by atoms with Crippen LogP contribution >= 0.6 is 0 Å². The zero-order chi connectivity index (χ0) is 18.3. The van der Waals surface area contributed by atoms with Crippen molar-refractivity contribution in [2.45, 2.75) is 25.4 Å². The maximum Gasteiger partial charge on any atom is 0.200 e. The minimum atomic E-state index is -1.45. The highest BCUT2D eigenvalue weighted by Crippen LogP contribution is 2.35. The number of anilines is 1. The summed E-state index contributed by atoms with van der Waals surface area (Å²) >= 11 is 0. The number of hydrogen-bond acceptors (Lipinski definition) is 6. The lowest BCUT2D eigenvalue weighted by Gasteiger charge is -2.28. The molecule has 0 spiro atoms. The lowest BCUT2D eigenvalue weighted by Crippen LogP contribution is -2.32. The number of hydrogen-bond donors (Lipinski definition) is 1. The first-order valence-corrected chi connectivity index (χ1v) is 8.27. The smallest absolute Gasteiger partial charge is 0.200 e. The number of likely N-dealkylation sites (N-methyl/N-ethyl adjacent to an activating group) is 1. The summed E-state index contributed by atoms with van der Waals surface area (Å²) in [6.07, 6.45) is 0.744. The molecule has 4 rings (SSSR count). The highest BCUT2D eigenvalue weighted by atomic mass is 19.2. The van der Waals surface area contributed by atoms with Crippen LogP contribution in [0, 0.1) is 17.5 Å². The highest BCUT2D eigenvalue weighted by molar-refractivity contribution is 5.43. The monoisotopic (exact) mass is 363 g/mol. The highest BCUT2D eigenvalue weighted by Gasteiger charge is 2.35. The van der Waals surface area contributed by atoms with Gasteiger partial charge in [0.05, 0.1) is 6.04 Å². The van der Waals surface area contributed by atoms with Crippen molar-refractivity contribution in [2.75, 3.05) is 18.4 Å². The van der Waals surface area contributed by atoms with E-state index in [9.17, 15) is 13.2 Å². The van der Waals surface area contributed by atoms with Gasteiger partial charge in [0.25, 0.3) is 0 Å². The second kappa shape index (κ2) is 6.52. The maximum absolute atomic E-state index is 13.7. The average molecular weight is 363 g/mol. The number of benzene rings is 1. The number of tetrazole rings is 1. The van der Waals surface area contributed by atoms with Gasteiger partial charge in [-0.3, -0.25) is 4.90 Å². The Labute approximate surface area is 146 Å². The predicted octanol–water partition coefficient (Wildman–Crippen LogP) is 2.18. The molecule has 0 aliphatic carbocycles. The fourth-order valence-corrected chi connectivity index (χ4v) is 3.47. The molecule has 10 heteroatoms. The Morgan fingerprint density at radius 2 is 1.96 bits per heavy atom. The molecule has 1 N–H and O–H groups in total. The molecule has 3 heterocycles. The number of halogens is 3. The van der Waals surface area contributed by atoms with Crippen molar-refractivity contribution in [3.8, 4) is 0 Å². The van der Waals surface area contributed by atoms with Crippen LogP contribution in [0.15, 0.2) is 24.3 Å². The molecular formula is C16H16F3N7. The van der Waals surface area contributed by atoms with Gasteiger partial charge in [-0.05, 0) is 53.2 Å². The summed E-state index contributed by atoms with van der Waals surface area (Å²) in [5.41, 5.74) is 0.901. The second-order valence-corrected chi connectivity index (χ2v) is 6.16. The normalized spacial score (nSPS) is 20.8. The Morgan fingerprint density at radius 1 is 1.19 bits per heavy atom. The van der Waals surface area contributed by atoms with E-state index in [4.69, 9.17) is 0 Å². The first-order valence-electron chi connectivity index (χ1n) is 8.27. The first kappa shape index (κ1) is 16.7. The van der Waals surface area contributed by atoms with Gasteiger partial charge in [-0.15, -0.1) is 14.8 Å². The summed E-state index contributed by atoms with van der Waals surface area (Å²) in [4.78, 5) is 2.08. The molecule has 2 unspecified atom stereocenters. The zero-order valence-corrected chi connectivity index (χ0v) is 13.9. The van der Waals surface area contributed by atoms with Crippen LogP contribution in [0.25, 0.3) is 5.65 Å². The van der Waals surface area contributed by atoms with Crippen molar-refractivity contribution >= 4 is 11.5 Å². The SMILES string of the molecule is CCN1CCC(Nc2ccc3nnnn3n2)C1c1cc(F)c(F)c(F)c1. The molecule has 1 aliphatic heterocycles. The van der Waals surface area contributed by atoms with Crippen molar-refractivity contribution in [1.82, 2.24) is 30.2 Å².